The van der Waals surface area contributed by atoms with E-state index in [9.17, 15) is 9.59 Å². The van der Waals surface area contributed by atoms with Crippen LogP contribution in [-0.4, -0.2) is 9.55 Å². The second-order valence-electron chi connectivity index (χ2n) is 4.98. The summed E-state index contributed by atoms with van der Waals surface area (Å²) in [5, 5.41) is 0. The van der Waals surface area contributed by atoms with E-state index in [0.29, 0.717) is 11.7 Å². The van der Waals surface area contributed by atoms with Crippen molar-refractivity contribution in [2.75, 3.05) is 5.73 Å². The highest BCUT2D eigenvalue weighted by Gasteiger charge is 2.41. The molecule has 2 bridgehead atoms. The van der Waals surface area contributed by atoms with Gasteiger partial charge in [-0.05, 0) is 31.1 Å². The second kappa shape index (κ2) is 3.23. The summed E-state index contributed by atoms with van der Waals surface area (Å²) in [6, 6.07) is 1.50. The van der Waals surface area contributed by atoms with Gasteiger partial charge in [0.2, 0.25) is 0 Å². The fraction of sp³-hybridized carbons (Fsp3) is 0.636. The van der Waals surface area contributed by atoms with Gasteiger partial charge in [0, 0.05) is 12.1 Å². The van der Waals surface area contributed by atoms with E-state index < -0.39 is 5.56 Å². The molecule has 0 aliphatic heterocycles. The molecule has 2 aliphatic carbocycles. The van der Waals surface area contributed by atoms with Crippen LogP contribution in [0.4, 0.5) is 5.82 Å². The smallest absolute Gasteiger partial charge is 0.330 e. The normalized spacial score (nSPS) is 32.1. The van der Waals surface area contributed by atoms with Crippen LogP contribution in [0.1, 0.15) is 31.7 Å². The summed E-state index contributed by atoms with van der Waals surface area (Å²) in [6.45, 7) is 0. The van der Waals surface area contributed by atoms with E-state index in [0.717, 1.165) is 12.3 Å². The molecule has 1 heterocycles. The van der Waals surface area contributed by atoms with Crippen LogP contribution < -0.4 is 17.0 Å². The summed E-state index contributed by atoms with van der Waals surface area (Å²) in [7, 11) is 0. The van der Waals surface area contributed by atoms with Gasteiger partial charge >= 0.3 is 5.69 Å². The van der Waals surface area contributed by atoms with Crippen molar-refractivity contribution in [3.05, 3.63) is 26.9 Å². The molecular weight excluding hydrogens is 206 g/mol. The first kappa shape index (κ1) is 9.69. The molecule has 5 nitrogen and oxygen atoms in total. The highest BCUT2D eigenvalue weighted by atomic mass is 16.2. The number of hydrogen-bond acceptors (Lipinski definition) is 3. The first-order valence-electron chi connectivity index (χ1n) is 5.76. The molecule has 0 radical (unpaired) electrons. The SMILES string of the molecule is Nc1cc(=O)[nH]c(=O)n1C1CC2CCC1C2. The minimum Gasteiger partial charge on any atom is -0.385 e. The fourth-order valence-corrected chi connectivity index (χ4v) is 3.39. The van der Waals surface area contributed by atoms with Gasteiger partial charge in [0.05, 0.1) is 0 Å². The summed E-state index contributed by atoms with van der Waals surface area (Å²) in [5.41, 5.74) is 5.00. The maximum Gasteiger partial charge on any atom is 0.330 e. The van der Waals surface area contributed by atoms with Crippen LogP contribution in [0.5, 0.6) is 0 Å². The van der Waals surface area contributed by atoms with E-state index in [4.69, 9.17) is 5.73 Å². The average molecular weight is 221 g/mol. The number of anilines is 1. The zero-order valence-corrected chi connectivity index (χ0v) is 8.98. The predicted molar refractivity (Wildman–Crippen MR) is 60.2 cm³/mol. The van der Waals surface area contributed by atoms with E-state index in [-0.39, 0.29) is 11.7 Å². The van der Waals surface area contributed by atoms with E-state index in [2.05, 4.69) is 4.98 Å². The Morgan fingerprint density at radius 2 is 2.12 bits per heavy atom. The highest BCUT2D eigenvalue weighted by Crippen LogP contribution is 2.50. The third-order valence-corrected chi connectivity index (χ3v) is 4.04. The van der Waals surface area contributed by atoms with E-state index in [1.807, 2.05) is 0 Å². The first-order valence-corrected chi connectivity index (χ1v) is 5.76. The van der Waals surface area contributed by atoms with Gasteiger partial charge in [0.25, 0.3) is 5.56 Å². The van der Waals surface area contributed by atoms with E-state index in [1.165, 1.54) is 25.3 Å². The molecule has 3 N–H and O–H groups in total. The van der Waals surface area contributed by atoms with Crippen LogP contribution in [0.25, 0.3) is 0 Å². The number of aromatic amines is 1. The monoisotopic (exact) mass is 221 g/mol. The summed E-state index contributed by atoms with van der Waals surface area (Å²) in [4.78, 5) is 25.1. The van der Waals surface area contributed by atoms with Crippen LogP contribution in [0.3, 0.4) is 0 Å². The first-order chi connectivity index (χ1) is 7.65. The number of hydrogen-bond donors (Lipinski definition) is 2. The molecule has 1 aromatic heterocycles. The molecule has 3 rings (SSSR count). The van der Waals surface area contributed by atoms with Gasteiger partial charge in [0.15, 0.2) is 0 Å². The number of rotatable bonds is 1. The Morgan fingerprint density at radius 1 is 1.31 bits per heavy atom. The highest BCUT2D eigenvalue weighted by molar-refractivity contribution is 5.27. The average Bonchev–Trinajstić information content (AvgIpc) is 2.77. The van der Waals surface area contributed by atoms with Crippen LogP contribution in [0.2, 0.25) is 0 Å². The minimum atomic E-state index is -0.415. The molecule has 0 saturated heterocycles. The van der Waals surface area contributed by atoms with Crippen molar-refractivity contribution in [2.24, 2.45) is 11.8 Å². The van der Waals surface area contributed by atoms with Crippen molar-refractivity contribution >= 4 is 5.82 Å². The van der Waals surface area contributed by atoms with E-state index >= 15 is 0 Å². The van der Waals surface area contributed by atoms with Crippen molar-refractivity contribution in [1.82, 2.24) is 9.55 Å². The minimum absolute atomic E-state index is 0.197. The lowest BCUT2D eigenvalue weighted by molar-refractivity contribution is 0.323. The zero-order chi connectivity index (χ0) is 11.3. The molecule has 0 aromatic carbocycles. The summed E-state index contributed by atoms with van der Waals surface area (Å²) < 4.78 is 1.57. The molecule has 3 atom stereocenters. The van der Waals surface area contributed by atoms with Crippen molar-refractivity contribution in [3.63, 3.8) is 0 Å². The number of nitrogens with zero attached hydrogens (tertiary/aromatic N) is 1. The largest absolute Gasteiger partial charge is 0.385 e. The maximum atomic E-state index is 11.8. The number of fused-ring (bicyclic) bond motifs is 2. The van der Waals surface area contributed by atoms with Crippen molar-refractivity contribution < 1.29 is 0 Å². The van der Waals surface area contributed by atoms with Crippen LogP contribution >= 0.6 is 0 Å². The van der Waals surface area contributed by atoms with Crippen molar-refractivity contribution in [1.29, 1.82) is 0 Å². The summed E-state index contributed by atoms with van der Waals surface area (Å²) in [6.07, 6.45) is 4.69. The molecule has 0 amide bonds. The van der Waals surface area contributed by atoms with Crippen LogP contribution in [-0.2, 0) is 0 Å². The zero-order valence-electron chi connectivity index (χ0n) is 8.98. The number of nitrogens with one attached hydrogen (secondary N) is 1. The van der Waals surface area contributed by atoms with Gasteiger partial charge in [-0.2, -0.15) is 0 Å². The Kier molecular flexibility index (Phi) is 1.96. The Bertz CT molecular complexity index is 531. The number of nitrogens with two attached hydrogens (primary N) is 1. The maximum absolute atomic E-state index is 11.8. The molecule has 3 unspecified atom stereocenters. The summed E-state index contributed by atoms with van der Waals surface area (Å²) >= 11 is 0. The van der Waals surface area contributed by atoms with Gasteiger partial charge < -0.3 is 5.73 Å². The number of nitrogen functional groups attached to an aromatic ring is 1. The molecule has 0 spiro atoms. The van der Waals surface area contributed by atoms with E-state index in [1.54, 1.807) is 4.57 Å². The Balaban J connectivity index is 2.07. The molecule has 16 heavy (non-hydrogen) atoms. The van der Waals surface area contributed by atoms with Gasteiger partial charge in [-0.3, -0.25) is 14.3 Å². The molecule has 2 saturated carbocycles. The van der Waals surface area contributed by atoms with Crippen LogP contribution in [0, 0.1) is 11.8 Å². The lowest BCUT2D eigenvalue weighted by Crippen LogP contribution is -2.35. The molecule has 2 fully saturated rings. The van der Waals surface area contributed by atoms with Gasteiger partial charge in [0.1, 0.15) is 5.82 Å². The van der Waals surface area contributed by atoms with Crippen molar-refractivity contribution in [2.45, 2.75) is 31.7 Å². The summed E-state index contributed by atoms with van der Waals surface area (Å²) in [5.74, 6) is 1.61. The number of aromatic nitrogens is 2. The van der Waals surface area contributed by atoms with Gasteiger partial charge in [-0.1, -0.05) is 6.42 Å². The standard InChI is InChI=1S/C11H15N3O2/c12-9-5-10(15)13-11(16)14(9)8-4-6-1-2-7(8)3-6/h5-8H,1-4,12H2,(H,13,15,16). The predicted octanol–water partition coefficient (Wildman–Crippen LogP) is 0.480. The lowest BCUT2D eigenvalue weighted by atomic mass is 9.95. The van der Waals surface area contributed by atoms with Crippen LogP contribution in [0.15, 0.2) is 15.7 Å². The molecule has 5 heteroatoms. The Hall–Kier alpha value is -1.52. The molecular formula is C11H15N3O2. The second-order valence-corrected chi connectivity index (χ2v) is 4.98. The molecule has 2 aliphatic rings. The molecule has 86 valence electrons. The van der Waals surface area contributed by atoms with Crippen molar-refractivity contribution in [3.8, 4) is 0 Å². The topological polar surface area (TPSA) is 80.9 Å². The fourth-order valence-electron chi connectivity index (χ4n) is 3.39. The van der Waals surface area contributed by atoms with Gasteiger partial charge in [-0.25, -0.2) is 4.79 Å². The van der Waals surface area contributed by atoms with Gasteiger partial charge in [-0.15, -0.1) is 0 Å². The molecule has 1 aromatic rings. The quantitative estimate of drug-likeness (QED) is 0.723. The Morgan fingerprint density at radius 3 is 2.69 bits per heavy atom. The third-order valence-electron chi connectivity index (χ3n) is 4.04. The Labute approximate surface area is 92.3 Å². The number of H-pyrrole nitrogens is 1. The lowest BCUT2D eigenvalue weighted by Gasteiger charge is -2.24. The third kappa shape index (κ3) is 1.31.